The minimum Gasteiger partial charge on any atom is -0.508 e. The number of ether oxygens (including phenoxy) is 1. The second-order valence-electron chi connectivity index (χ2n) is 4.10. The van der Waals surface area contributed by atoms with Crippen molar-refractivity contribution in [1.82, 2.24) is 15.0 Å². The van der Waals surface area contributed by atoms with E-state index in [1.807, 2.05) is 6.20 Å². The van der Waals surface area contributed by atoms with Crippen LogP contribution in [0.5, 0.6) is 5.75 Å². The van der Waals surface area contributed by atoms with E-state index in [0.717, 1.165) is 11.4 Å². The van der Waals surface area contributed by atoms with Crippen molar-refractivity contribution in [3.8, 4) is 11.4 Å². The van der Waals surface area contributed by atoms with Crippen LogP contribution in [0.3, 0.4) is 0 Å². The lowest BCUT2D eigenvalue weighted by Crippen LogP contribution is -2.00. The largest absolute Gasteiger partial charge is 0.508 e. The van der Waals surface area contributed by atoms with Crippen molar-refractivity contribution in [2.45, 2.75) is 19.3 Å². The number of benzene rings is 1. The summed E-state index contributed by atoms with van der Waals surface area (Å²) in [5, 5.41) is 17.3. The number of hydrogen-bond donors (Lipinski definition) is 1. The van der Waals surface area contributed by atoms with Crippen LogP contribution in [0.2, 0.25) is 0 Å². The number of aromatic nitrogens is 3. The van der Waals surface area contributed by atoms with Crippen LogP contribution in [-0.4, -0.2) is 33.2 Å². The Morgan fingerprint density at radius 3 is 2.79 bits per heavy atom. The molecule has 2 rings (SSSR count). The first-order valence-electron chi connectivity index (χ1n) is 5.96. The van der Waals surface area contributed by atoms with Gasteiger partial charge in [0.05, 0.1) is 24.7 Å². The van der Waals surface area contributed by atoms with Gasteiger partial charge in [-0.15, -0.1) is 5.10 Å². The van der Waals surface area contributed by atoms with Crippen LogP contribution in [0.4, 0.5) is 0 Å². The smallest absolute Gasteiger partial charge is 0.305 e. The van der Waals surface area contributed by atoms with Gasteiger partial charge in [-0.1, -0.05) is 5.21 Å². The van der Waals surface area contributed by atoms with Crippen molar-refractivity contribution in [3.05, 3.63) is 36.2 Å². The molecule has 0 aliphatic rings. The number of carbonyl (C=O) groups excluding carboxylic acids is 1. The van der Waals surface area contributed by atoms with Gasteiger partial charge in [0.15, 0.2) is 0 Å². The van der Waals surface area contributed by atoms with Gasteiger partial charge in [0.2, 0.25) is 0 Å². The lowest BCUT2D eigenvalue weighted by Gasteiger charge is -1.99. The Bertz CT molecular complexity index is 549. The molecule has 100 valence electrons. The molecule has 0 unspecified atom stereocenters. The van der Waals surface area contributed by atoms with E-state index in [4.69, 9.17) is 0 Å². The number of carbonyl (C=O) groups is 1. The van der Waals surface area contributed by atoms with Gasteiger partial charge in [0, 0.05) is 6.42 Å². The van der Waals surface area contributed by atoms with Crippen molar-refractivity contribution < 1.29 is 14.6 Å². The second-order valence-corrected chi connectivity index (χ2v) is 4.10. The molecule has 0 aliphatic heterocycles. The summed E-state index contributed by atoms with van der Waals surface area (Å²) in [7, 11) is 1.38. The molecule has 1 aromatic heterocycles. The number of aromatic hydroxyl groups is 1. The number of phenolic OH excluding ortho intramolecular Hbond substituents is 1. The van der Waals surface area contributed by atoms with Gasteiger partial charge in [-0.05, 0) is 37.1 Å². The molecular formula is C13H15N3O3. The minimum absolute atomic E-state index is 0.210. The average molecular weight is 261 g/mol. The molecule has 0 radical (unpaired) electrons. The number of phenols is 1. The van der Waals surface area contributed by atoms with Crippen LogP contribution < -0.4 is 0 Å². The number of esters is 1. The SMILES string of the molecule is COC(=O)CCCc1cn(-c2ccc(O)cc2)nn1. The van der Waals surface area contributed by atoms with Gasteiger partial charge in [-0.3, -0.25) is 4.79 Å². The van der Waals surface area contributed by atoms with E-state index in [9.17, 15) is 9.90 Å². The van der Waals surface area contributed by atoms with Crippen molar-refractivity contribution in [2.75, 3.05) is 7.11 Å². The molecule has 0 bridgehead atoms. The molecule has 0 atom stereocenters. The molecule has 0 saturated heterocycles. The molecule has 0 amide bonds. The molecule has 0 spiro atoms. The molecule has 0 saturated carbocycles. The van der Waals surface area contributed by atoms with Crippen LogP contribution >= 0.6 is 0 Å². The lowest BCUT2D eigenvalue weighted by molar-refractivity contribution is -0.140. The third-order valence-corrected chi connectivity index (χ3v) is 2.70. The molecular weight excluding hydrogens is 246 g/mol. The zero-order valence-corrected chi connectivity index (χ0v) is 10.6. The summed E-state index contributed by atoms with van der Waals surface area (Å²) in [4.78, 5) is 11.0. The number of nitrogens with zero attached hydrogens (tertiary/aromatic N) is 3. The first-order valence-corrected chi connectivity index (χ1v) is 5.96. The highest BCUT2D eigenvalue weighted by Gasteiger charge is 2.05. The summed E-state index contributed by atoms with van der Waals surface area (Å²) < 4.78 is 6.20. The Balaban J connectivity index is 1.95. The monoisotopic (exact) mass is 261 g/mol. The van der Waals surface area contributed by atoms with Crippen molar-refractivity contribution >= 4 is 5.97 Å². The quantitative estimate of drug-likeness (QED) is 0.825. The molecule has 2 aromatic rings. The number of rotatable bonds is 5. The van der Waals surface area contributed by atoms with Gasteiger partial charge in [0.1, 0.15) is 5.75 Å². The fraction of sp³-hybridized carbons (Fsp3) is 0.308. The first kappa shape index (κ1) is 13.1. The maximum Gasteiger partial charge on any atom is 0.305 e. The van der Waals surface area contributed by atoms with E-state index in [0.29, 0.717) is 19.3 Å². The number of methoxy groups -OCH3 is 1. The van der Waals surface area contributed by atoms with Gasteiger partial charge >= 0.3 is 5.97 Å². The summed E-state index contributed by atoms with van der Waals surface area (Å²) in [5.41, 5.74) is 1.64. The maximum atomic E-state index is 11.0. The van der Waals surface area contributed by atoms with Crippen molar-refractivity contribution in [3.63, 3.8) is 0 Å². The molecule has 6 heteroatoms. The van der Waals surface area contributed by atoms with E-state index in [1.54, 1.807) is 28.9 Å². The van der Waals surface area contributed by atoms with Crippen LogP contribution in [0.15, 0.2) is 30.5 Å². The Kier molecular flexibility index (Phi) is 4.12. The van der Waals surface area contributed by atoms with Gasteiger partial charge in [0.25, 0.3) is 0 Å². The molecule has 1 heterocycles. The van der Waals surface area contributed by atoms with E-state index in [2.05, 4.69) is 15.0 Å². The van der Waals surface area contributed by atoms with E-state index in [1.165, 1.54) is 7.11 Å². The minimum atomic E-state index is -0.217. The van der Waals surface area contributed by atoms with Gasteiger partial charge in [-0.25, -0.2) is 4.68 Å². The van der Waals surface area contributed by atoms with Crippen LogP contribution in [0, 0.1) is 0 Å². The Morgan fingerprint density at radius 2 is 2.11 bits per heavy atom. The lowest BCUT2D eigenvalue weighted by atomic mass is 10.2. The zero-order chi connectivity index (χ0) is 13.7. The topological polar surface area (TPSA) is 77.2 Å². The van der Waals surface area contributed by atoms with E-state index < -0.39 is 0 Å². The highest BCUT2D eigenvalue weighted by molar-refractivity contribution is 5.69. The Morgan fingerprint density at radius 1 is 1.37 bits per heavy atom. The molecule has 6 nitrogen and oxygen atoms in total. The first-order chi connectivity index (χ1) is 9.19. The Hall–Kier alpha value is -2.37. The molecule has 19 heavy (non-hydrogen) atoms. The summed E-state index contributed by atoms with van der Waals surface area (Å²) in [6.45, 7) is 0. The maximum absolute atomic E-state index is 11.0. The molecule has 1 aromatic carbocycles. The molecule has 1 N–H and O–H groups in total. The normalized spacial score (nSPS) is 10.4. The second kappa shape index (κ2) is 5.99. The highest BCUT2D eigenvalue weighted by atomic mass is 16.5. The molecule has 0 fully saturated rings. The predicted octanol–water partition coefficient (Wildman–Crippen LogP) is 1.47. The molecule has 0 aliphatic carbocycles. The third kappa shape index (κ3) is 3.54. The fourth-order valence-corrected chi connectivity index (χ4v) is 1.66. The number of hydrogen-bond acceptors (Lipinski definition) is 5. The summed E-state index contributed by atoms with van der Waals surface area (Å²) in [6.07, 6.45) is 3.54. The Labute approximate surface area is 110 Å². The van der Waals surface area contributed by atoms with Crippen molar-refractivity contribution in [1.29, 1.82) is 0 Å². The fourth-order valence-electron chi connectivity index (χ4n) is 1.66. The van der Waals surface area contributed by atoms with E-state index in [-0.39, 0.29) is 11.7 Å². The summed E-state index contributed by atoms with van der Waals surface area (Å²) >= 11 is 0. The van der Waals surface area contributed by atoms with Crippen LogP contribution in [0.1, 0.15) is 18.5 Å². The zero-order valence-electron chi connectivity index (χ0n) is 10.6. The van der Waals surface area contributed by atoms with Crippen LogP contribution in [-0.2, 0) is 16.0 Å². The van der Waals surface area contributed by atoms with Crippen molar-refractivity contribution in [2.24, 2.45) is 0 Å². The summed E-state index contributed by atoms with van der Waals surface area (Å²) in [5.74, 6) is -0.00640. The summed E-state index contributed by atoms with van der Waals surface area (Å²) in [6, 6.07) is 6.69. The number of aryl methyl sites for hydroxylation is 1. The average Bonchev–Trinajstić information content (AvgIpc) is 2.88. The van der Waals surface area contributed by atoms with Gasteiger partial charge < -0.3 is 9.84 Å². The van der Waals surface area contributed by atoms with E-state index >= 15 is 0 Å². The third-order valence-electron chi connectivity index (χ3n) is 2.70. The van der Waals surface area contributed by atoms with Gasteiger partial charge in [-0.2, -0.15) is 0 Å². The van der Waals surface area contributed by atoms with Crippen LogP contribution in [0.25, 0.3) is 5.69 Å². The highest BCUT2D eigenvalue weighted by Crippen LogP contribution is 2.13. The standard InChI is InChI=1S/C13H15N3O3/c1-19-13(18)4-2-3-10-9-16(15-14-10)11-5-7-12(17)8-6-11/h5-9,17H,2-4H2,1H3. The predicted molar refractivity (Wildman–Crippen MR) is 68.0 cm³/mol.